The van der Waals surface area contributed by atoms with Crippen molar-refractivity contribution in [2.24, 2.45) is 0 Å². The van der Waals surface area contributed by atoms with E-state index in [0.717, 1.165) is 50.8 Å². The average molecular weight is 244 g/mol. The number of hydrogen-bond donors (Lipinski definition) is 0. The molecule has 1 aromatic heterocycles. The van der Waals surface area contributed by atoms with E-state index in [1.807, 2.05) is 0 Å². The SMILES string of the molecule is N#Cc1cc(N2CCOCC2)nc(C2CCC2)n1. The summed E-state index contributed by atoms with van der Waals surface area (Å²) in [5.74, 6) is 2.19. The standard InChI is InChI=1S/C13H16N4O/c14-9-11-8-12(17-4-6-18-7-5-17)16-13(15-11)10-2-1-3-10/h8,10H,1-7H2. The Labute approximate surface area is 106 Å². The lowest BCUT2D eigenvalue weighted by atomic mass is 9.85. The van der Waals surface area contributed by atoms with Crippen LogP contribution in [0.4, 0.5) is 5.82 Å². The largest absolute Gasteiger partial charge is 0.378 e. The third-order valence-corrected chi connectivity index (χ3v) is 3.65. The van der Waals surface area contributed by atoms with Crippen LogP contribution in [-0.2, 0) is 4.74 Å². The molecule has 5 heteroatoms. The van der Waals surface area contributed by atoms with E-state index in [4.69, 9.17) is 10.00 Å². The Kier molecular flexibility index (Phi) is 3.11. The fraction of sp³-hybridized carbons (Fsp3) is 0.615. The normalized spacial score (nSPS) is 20.3. The maximum Gasteiger partial charge on any atom is 0.146 e. The van der Waals surface area contributed by atoms with Gasteiger partial charge in [0.15, 0.2) is 0 Å². The second-order valence-electron chi connectivity index (χ2n) is 4.81. The van der Waals surface area contributed by atoms with Crippen molar-refractivity contribution in [1.82, 2.24) is 9.97 Å². The highest BCUT2D eigenvalue weighted by Gasteiger charge is 2.24. The van der Waals surface area contributed by atoms with E-state index in [0.29, 0.717) is 11.6 Å². The summed E-state index contributed by atoms with van der Waals surface area (Å²) >= 11 is 0. The van der Waals surface area contributed by atoms with Gasteiger partial charge in [-0.2, -0.15) is 5.26 Å². The number of morpholine rings is 1. The Morgan fingerprint density at radius 2 is 2.06 bits per heavy atom. The number of rotatable bonds is 2. The van der Waals surface area contributed by atoms with E-state index in [9.17, 15) is 0 Å². The minimum absolute atomic E-state index is 0.457. The van der Waals surface area contributed by atoms with Crippen molar-refractivity contribution in [3.05, 3.63) is 17.6 Å². The minimum Gasteiger partial charge on any atom is -0.378 e. The number of ether oxygens (including phenoxy) is 1. The summed E-state index contributed by atoms with van der Waals surface area (Å²) in [7, 11) is 0. The van der Waals surface area contributed by atoms with Crippen LogP contribution in [0.5, 0.6) is 0 Å². The highest BCUT2D eigenvalue weighted by molar-refractivity contribution is 5.43. The first kappa shape index (κ1) is 11.4. The van der Waals surface area contributed by atoms with Gasteiger partial charge in [0.2, 0.25) is 0 Å². The molecule has 5 nitrogen and oxygen atoms in total. The number of anilines is 1. The summed E-state index contributed by atoms with van der Waals surface area (Å²) in [6.07, 6.45) is 3.55. The highest BCUT2D eigenvalue weighted by Crippen LogP contribution is 2.35. The molecule has 0 unspecified atom stereocenters. The van der Waals surface area contributed by atoms with Crippen LogP contribution in [0, 0.1) is 11.3 Å². The van der Waals surface area contributed by atoms with Gasteiger partial charge in [0.1, 0.15) is 23.4 Å². The average Bonchev–Trinajstić information content (AvgIpc) is 2.37. The van der Waals surface area contributed by atoms with E-state index < -0.39 is 0 Å². The molecule has 2 fully saturated rings. The number of hydrogen-bond acceptors (Lipinski definition) is 5. The molecular weight excluding hydrogens is 228 g/mol. The molecule has 0 N–H and O–H groups in total. The van der Waals surface area contributed by atoms with Crippen molar-refractivity contribution in [3.8, 4) is 6.07 Å². The van der Waals surface area contributed by atoms with E-state index >= 15 is 0 Å². The van der Waals surface area contributed by atoms with E-state index in [1.54, 1.807) is 6.07 Å². The monoisotopic (exact) mass is 244 g/mol. The summed E-state index contributed by atoms with van der Waals surface area (Å²) < 4.78 is 5.34. The van der Waals surface area contributed by atoms with Gasteiger partial charge in [0.25, 0.3) is 0 Å². The summed E-state index contributed by atoms with van der Waals surface area (Å²) in [5.41, 5.74) is 0.480. The maximum absolute atomic E-state index is 9.07. The second kappa shape index (κ2) is 4.91. The van der Waals surface area contributed by atoms with Gasteiger partial charge in [-0.15, -0.1) is 0 Å². The molecule has 18 heavy (non-hydrogen) atoms. The van der Waals surface area contributed by atoms with E-state index in [1.165, 1.54) is 6.42 Å². The first-order valence-electron chi connectivity index (χ1n) is 6.48. The first-order valence-corrected chi connectivity index (χ1v) is 6.48. The molecule has 0 radical (unpaired) electrons. The van der Waals surface area contributed by atoms with E-state index in [-0.39, 0.29) is 0 Å². The summed E-state index contributed by atoms with van der Waals surface area (Å²) in [5, 5.41) is 9.07. The van der Waals surface area contributed by atoms with Crippen molar-refractivity contribution in [2.45, 2.75) is 25.2 Å². The fourth-order valence-corrected chi connectivity index (χ4v) is 2.31. The molecular formula is C13H16N4O. The zero-order valence-electron chi connectivity index (χ0n) is 10.3. The molecule has 0 bridgehead atoms. The molecule has 94 valence electrons. The quantitative estimate of drug-likeness (QED) is 0.788. The van der Waals surface area contributed by atoms with Crippen LogP contribution < -0.4 is 4.90 Å². The van der Waals surface area contributed by atoms with Crippen molar-refractivity contribution in [3.63, 3.8) is 0 Å². The van der Waals surface area contributed by atoms with Gasteiger partial charge < -0.3 is 9.64 Å². The lowest BCUT2D eigenvalue weighted by Gasteiger charge is -2.29. The van der Waals surface area contributed by atoms with Crippen LogP contribution in [-0.4, -0.2) is 36.3 Å². The number of aromatic nitrogens is 2. The van der Waals surface area contributed by atoms with Gasteiger partial charge in [0, 0.05) is 25.1 Å². The van der Waals surface area contributed by atoms with Crippen molar-refractivity contribution >= 4 is 5.82 Å². The molecule has 1 aromatic rings. The molecule has 1 saturated heterocycles. The number of nitrogens with zero attached hydrogens (tertiary/aromatic N) is 4. The smallest absolute Gasteiger partial charge is 0.146 e. The lowest BCUT2D eigenvalue weighted by molar-refractivity contribution is 0.122. The van der Waals surface area contributed by atoms with Crippen LogP contribution in [0.25, 0.3) is 0 Å². The Hall–Kier alpha value is -1.67. The summed E-state index contributed by atoms with van der Waals surface area (Å²) in [4.78, 5) is 11.1. The van der Waals surface area contributed by atoms with Crippen LogP contribution >= 0.6 is 0 Å². The Morgan fingerprint density at radius 1 is 1.28 bits per heavy atom. The van der Waals surface area contributed by atoms with Crippen LogP contribution in [0.1, 0.15) is 36.7 Å². The van der Waals surface area contributed by atoms with Gasteiger partial charge in [-0.05, 0) is 12.8 Å². The maximum atomic E-state index is 9.07. The fourth-order valence-electron chi connectivity index (χ4n) is 2.31. The van der Waals surface area contributed by atoms with Gasteiger partial charge in [0.05, 0.1) is 13.2 Å². The van der Waals surface area contributed by atoms with Crippen molar-refractivity contribution < 1.29 is 4.74 Å². The van der Waals surface area contributed by atoms with E-state index in [2.05, 4.69) is 20.9 Å². The van der Waals surface area contributed by atoms with Gasteiger partial charge >= 0.3 is 0 Å². The predicted octanol–water partition coefficient (Wildman–Crippen LogP) is 1.45. The molecule has 1 aliphatic heterocycles. The molecule has 0 atom stereocenters. The molecule has 0 spiro atoms. The van der Waals surface area contributed by atoms with Gasteiger partial charge in [-0.1, -0.05) is 6.42 Å². The molecule has 2 heterocycles. The summed E-state index contributed by atoms with van der Waals surface area (Å²) in [6, 6.07) is 3.93. The molecule has 1 saturated carbocycles. The zero-order chi connectivity index (χ0) is 12.4. The highest BCUT2D eigenvalue weighted by atomic mass is 16.5. The topological polar surface area (TPSA) is 62.0 Å². The minimum atomic E-state index is 0.457. The van der Waals surface area contributed by atoms with Crippen molar-refractivity contribution in [2.75, 3.05) is 31.2 Å². The van der Waals surface area contributed by atoms with Crippen LogP contribution in [0.3, 0.4) is 0 Å². The molecule has 3 rings (SSSR count). The molecule has 1 aliphatic carbocycles. The zero-order valence-corrected chi connectivity index (χ0v) is 10.3. The predicted molar refractivity (Wildman–Crippen MR) is 66.4 cm³/mol. The van der Waals surface area contributed by atoms with Crippen LogP contribution in [0.15, 0.2) is 6.07 Å². The van der Waals surface area contributed by atoms with Crippen LogP contribution in [0.2, 0.25) is 0 Å². The molecule has 0 aromatic carbocycles. The lowest BCUT2D eigenvalue weighted by Crippen LogP contribution is -2.37. The second-order valence-corrected chi connectivity index (χ2v) is 4.81. The Morgan fingerprint density at radius 3 is 2.67 bits per heavy atom. The third kappa shape index (κ3) is 2.16. The molecule has 2 aliphatic rings. The number of nitriles is 1. The Bertz CT molecular complexity index is 472. The van der Waals surface area contributed by atoms with Gasteiger partial charge in [-0.25, -0.2) is 9.97 Å². The third-order valence-electron chi connectivity index (χ3n) is 3.65. The molecule has 0 amide bonds. The van der Waals surface area contributed by atoms with Gasteiger partial charge in [-0.3, -0.25) is 0 Å². The summed E-state index contributed by atoms with van der Waals surface area (Å²) in [6.45, 7) is 3.13. The first-order chi connectivity index (χ1) is 8.86. The Balaban J connectivity index is 1.90. The van der Waals surface area contributed by atoms with Crippen molar-refractivity contribution in [1.29, 1.82) is 5.26 Å².